The highest BCUT2D eigenvalue weighted by atomic mass is 19.1. The van der Waals surface area contributed by atoms with Crippen LogP contribution in [0.1, 0.15) is 56.9 Å². The minimum Gasteiger partial charge on any atom is -0.348 e. The lowest BCUT2D eigenvalue weighted by Gasteiger charge is -2.28. The van der Waals surface area contributed by atoms with Crippen LogP contribution >= 0.6 is 0 Å². The molecule has 2 aliphatic rings. The number of ether oxygens (including phenoxy) is 2. The third kappa shape index (κ3) is 3.88. The van der Waals surface area contributed by atoms with Crippen LogP contribution < -0.4 is 0 Å². The predicted octanol–water partition coefficient (Wildman–Crippen LogP) is 4.88. The fourth-order valence-corrected chi connectivity index (χ4v) is 3.51. The summed E-state index contributed by atoms with van der Waals surface area (Å²) in [5, 5.41) is 0. The van der Waals surface area contributed by atoms with E-state index in [4.69, 9.17) is 9.47 Å². The van der Waals surface area contributed by atoms with Crippen molar-refractivity contribution in [3.05, 3.63) is 35.1 Å². The van der Waals surface area contributed by atoms with Crippen molar-refractivity contribution in [2.45, 2.75) is 52.2 Å². The fourth-order valence-electron chi connectivity index (χ4n) is 3.51. The third-order valence-corrected chi connectivity index (χ3v) is 5.06. The molecule has 3 rings (SSSR count). The monoisotopic (exact) mass is 306 g/mol. The SMILES string of the molecule is CC1CCC(Cc2ccc(C3OCC(C)CO3)cc2F)CC1. The van der Waals surface area contributed by atoms with Gasteiger partial charge in [0.2, 0.25) is 0 Å². The van der Waals surface area contributed by atoms with Crippen molar-refractivity contribution in [2.75, 3.05) is 13.2 Å². The van der Waals surface area contributed by atoms with Crippen molar-refractivity contribution in [1.29, 1.82) is 0 Å². The molecule has 2 nitrogen and oxygen atoms in total. The Balaban J connectivity index is 1.62. The van der Waals surface area contributed by atoms with Crippen LogP contribution in [0.3, 0.4) is 0 Å². The smallest absolute Gasteiger partial charge is 0.183 e. The second-order valence-electron chi connectivity index (χ2n) is 7.28. The Morgan fingerprint density at radius 2 is 1.68 bits per heavy atom. The molecule has 0 bridgehead atoms. The molecule has 0 atom stereocenters. The van der Waals surface area contributed by atoms with Gasteiger partial charge < -0.3 is 9.47 Å². The number of rotatable bonds is 3. The Bertz CT molecular complexity index is 486. The number of benzene rings is 1. The Labute approximate surface area is 133 Å². The minimum atomic E-state index is -0.407. The summed E-state index contributed by atoms with van der Waals surface area (Å²) in [5.74, 6) is 1.78. The minimum absolute atomic E-state index is 0.109. The molecule has 1 saturated carbocycles. The first-order valence-electron chi connectivity index (χ1n) is 8.63. The van der Waals surface area contributed by atoms with Gasteiger partial charge in [-0.3, -0.25) is 0 Å². The van der Waals surface area contributed by atoms with Crippen molar-refractivity contribution in [1.82, 2.24) is 0 Å². The van der Waals surface area contributed by atoms with Crippen molar-refractivity contribution < 1.29 is 13.9 Å². The molecule has 1 aromatic carbocycles. The zero-order chi connectivity index (χ0) is 15.5. The van der Waals surface area contributed by atoms with Crippen LogP contribution in [-0.4, -0.2) is 13.2 Å². The van der Waals surface area contributed by atoms with E-state index in [2.05, 4.69) is 13.8 Å². The van der Waals surface area contributed by atoms with Gasteiger partial charge in [-0.1, -0.05) is 38.8 Å². The molecule has 2 fully saturated rings. The summed E-state index contributed by atoms with van der Waals surface area (Å²) in [5.41, 5.74) is 1.64. The Morgan fingerprint density at radius 1 is 1.00 bits per heavy atom. The van der Waals surface area contributed by atoms with Gasteiger partial charge in [0.1, 0.15) is 5.82 Å². The lowest BCUT2D eigenvalue weighted by atomic mass is 9.80. The van der Waals surface area contributed by atoms with Crippen LogP contribution in [0.15, 0.2) is 18.2 Å². The quantitative estimate of drug-likeness (QED) is 0.792. The normalized spacial score (nSPS) is 32.9. The standard InChI is InChI=1S/C19H27FO2/c1-13-3-5-15(6-4-13)9-16-7-8-17(10-18(16)20)19-21-11-14(2)12-22-19/h7-8,10,13-15,19H,3-6,9,11-12H2,1-2H3. The molecule has 0 aromatic heterocycles. The summed E-state index contributed by atoms with van der Waals surface area (Å²) in [4.78, 5) is 0. The largest absolute Gasteiger partial charge is 0.348 e. The maximum absolute atomic E-state index is 14.4. The second-order valence-corrected chi connectivity index (χ2v) is 7.28. The molecule has 3 heteroatoms. The average molecular weight is 306 g/mol. The van der Waals surface area contributed by atoms with Gasteiger partial charge in [0.25, 0.3) is 0 Å². The molecule has 0 amide bonds. The first-order valence-corrected chi connectivity index (χ1v) is 8.63. The van der Waals surface area contributed by atoms with Crippen LogP contribution in [0.25, 0.3) is 0 Å². The van der Waals surface area contributed by atoms with Gasteiger partial charge in [-0.2, -0.15) is 0 Å². The summed E-state index contributed by atoms with van der Waals surface area (Å²) in [6.45, 7) is 5.75. The molecule has 0 N–H and O–H groups in total. The number of hydrogen-bond donors (Lipinski definition) is 0. The van der Waals surface area contributed by atoms with Gasteiger partial charge in [0.15, 0.2) is 6.29 Å². The highest BCUT2D eigenvalue weighted by molar-refractivity contribution is 5.26. The topological polar surface area (TPSA) is 18.5 Å². The van der Waals surface area contributed by atoms with Crippen LogP contribution in [0.5, 0.6) is 0 Å². The molecule has 0 radical (unpaired) electrons. The lowest BCUT2D eigenvalue weighted by molar-refractivity contribution is -0.202. The molecule has 1 aromatic rings. The average Bonchev–Trinajstić information content (AvgIpc) is 2.52. The third-order valence-electron chi connectivity index (χ3n) is 5.06. The zero-order valence-electron chi connectivity index (χ0n) is 13.7. The number of hydrogen-bond acceptors (Lipinski definition) is 2. The van der Waals surface area contributed by atoms with E-state index in [0.29, 0.717) is 25.0 Å². The van der Waals surface area contributed by atoms with E-state index in [-0.39, 0.29) is 5.82 Å². The van der Waals surface area contributed by atoms with Gasteiger partial charge in [-0.05, 0) is 42.7 Å². The van der Waals surface area contributed by atoms with Gasteiger partial charge in [0, 0.05) is 11.5 Å². The lowest BCUT2D eigenvalue weighted by Crippen LogP contribution is -2.25. The van der Waals surface area contributed by atoms with E-state index in [1.165, 1.54) is 25.7 Å². The summed E-state index contributed by atoms with van der Waals surface area (Å²) >= 11 is 0. The summed E-state index contributed by atoms with van der Waals surface area (Å²) in [7, 11) is 0. The van der Waals surface area contributed by atoms with E-state index in [1.54, 1.807) is 6.07 Å². The van der Waals surface area contributed by atoms with E-state index in [1.807, 2.05) is 12.1 Å². The fraction of sp³-hybridized carbons (Fsp3) is 0.684. The molecule has 0 spiro atoms. The van der Waals surface area contributed by atoms with E-state index >= 15 is 0 Å². The van der Waals surface area contributed by atoms with Gasteiger partial charge >= 0.3 is 0 Å². The van der Waals surface area contributed by atoms with Crippen LogP contribution in [-0.2, 0) is 15.9 Å². The van der Waals surface area contributed by atoms with Crippen molar-refractivity contribution in [3.8, 4) is 0 Å². The van der Waals surface area contributed by atoms with Crippen molar-refractivity contribution in [2.24, 2.45) is 17.8 Å². The summed E-state index contributed by atoms with van der Waals surface area (Å²) in [6, 6.07) is 5.49. The first kappa shape index (κ1) is 15.9. The molecule has 1 aliphatic carbocycles. The molecular weight excluding hydrogens is 279 g/mol. The van der Waals surface area contributed by atoms with Crippen LogP contribution in [0, 0.1) is 23.6 Å². The van der Waals surface area contributed by atoms with Gasteiger partial charge in [-0.25, -0.2) is 4.39 Å². The molecule has 1 aliphatic heterocycles. The summed E-state index contributed by atoms with van der Waals surface area (Å²) in [6.07, 6.45) is 5.49. The van der Waals surface area contributed by atoms with E-state index in [9.17, 15) is 4.39 Å². The highest BCUT2D eigenvalue weighted by Gasteiger charge is 2.23. The van der Waals surface area contributed by atoms with Crippen LogP contribution in [0.2, 0.25) is 0 Å². The van der Waals surface area contributed by atoms with E-state index in [0.717, 1.165) is 23.5 Å². The maximum atomic E-state index is 14.4. The second kappa shape index (κ2) is 7.10. The summed E-state index contributed by atoms with van der Waals surface area (Å²) < 4.78 is 25.7. The molecule has 122 valence electrons. The molecular formula is C19H27FO2. The maximum Gasteiger partial charge on any atom is 0.183 e. The zero-order valence-corrected chi connectivity index (χ0v) is 13.7. The molecule has 22 heavy (non-hydrogen) atoms. The Kier molecular flexibility index (Phi) is 5.14. The van der Waals surface area contributed by atoms with Gasteiger partial charge in [-0.15, -0.1) is 0 Å². The first-order chi connectivity index (χ1) is 10.6. The molecule has 0 unspecified atom stereocenters. The predicted molar refractivity (Wildman–Crippen MR) is 85.0 cm³/mol. The number of halogens is 1. The van der Waals surface area contributed by atoms with Crippen molar-refractivity contribution >= 4 is 0 Å². The molecule has 1 heterocycles. The Morgan fingerprint density at radius 3 is 2.32 bits per heavy atom. The van der Waals surface area contributed by atoms with Crippen molar-refractivity contribution in [3.63, 3.8) is 0 Å². The van der Waals surface area contributed by atoms with Gasteiger partial charge in [0.05, 0.1) is 13.2 Å². The Hall–Kier alpha value is -0.930. The van der Waals surface area contributed by atoms with E-state index < -0.39 is 6.29 Å². The molecule has 1 saturated heterocycles. The van der Waals surface area contributed by atoms with Crippen LogP contribution in [0.4, 0.5) is 4.39 Å². The highest BCUT2D eigenvalue weighted by Crippen LogP contribution is 2.32.